The Morgan fingerprint density at radius 1 is 1.41 bits per heavy atom. The SMILES string of the molecule is CC(C)(C(=O)c1cscc1Br)N1CCNCC1. The van der Waals surface area contributed by atoms with Crippen molar-refractivity contribution in [1.29, 1.82) is 0 Å². The predicted molar refractivity (Wildman–Crippen MR) is 74.9 cm³/mol. The van der Waals surface area contributed by atoms with E-state index in [2.05, 4.69) is 26.1 Å². The first-order valence-electron chi connectivity index (χ1n) is 5.76. The minimum atomic E-state index is -0.425. The minimum Gasteiger partial charge on any atom is -0.314 e. The molecule has 0 saturated carbocycles. The van der Waals surface area contributed by atoms with Gasteiger partial charge in [-0.25, -0.2) is 0 Å². The van der Waals surface area contributed by atoms with Crippen LogP contribution in [0.25, 0.3) is 0 Å². The van der Waals surface area contributed by atoms with Crippen LogP contribution in [0.2, 0.25) is 0 Å². The third-order valence-electron chi connectivity index (χ3n) is 3.32. The first-order chi connectivity index (χ1) is 8.03. The van der Waals surface area contributed by atoms with Gasteiger partial charge < -0.3 is 5.32 Å². The van der Waals surface area contributed by atoms with E-state index in [1.54, 1.807) is 11.3 Å². The van der Waals surface area contributed by atoms with Gasteiger partial charge in [0.1, 0.15) is 0 Å². The highest BCUT2D eigenvalue weighted by molar-refractivity contribution is 9.10. The molecule has 0 spiro atoms. The largest absolute Gasteiger partial charge is 0.314 e. The van der Waals surface area contributed by atoms with Crippen molar-refractivity contribution in [3.63, 3.8) is 0 Å². The quantitative estimate of drug-likeness (QED) is 0.869. The van der Waals surface area contributed by atoms with Crippen LogP contribution in [0.4, 0.5) is 0 Å². The van der Waals surface area contributed by atoms with Crippen molar-refractivity contribution >= 4 is 33.0 Å². The average molecular weight is 317 g/mol. The molecule has 0 atom stereocenters. The lowest BCUT2D eigenvalue weighted by molar-refractivity contribution is 0.0602. The Hall–Kier alpha value is -0.230. The van der Waals surface area contributed by atoms with E-state index in [0.717, 1.165) is 36.2 Å². The van der Waals surface area contributed by atoms with Crippen LogP contribution in [0.15, 0.2) is 15.2 Å². The lowest BCUT2D eigenvalue weighted by atomic mass is 9.92. The van der Waals surface area contributed by atoms with Gasteiger partial charge in [-0.15, -0.1) is 0 Å². The molecular formula is C12H17BrN2OS. The fourth-order valence-electron chi connectivity index (χ4n) is 2.14. The Balaban J connectivity index is 2.19. The topological polar surface area (TPSA) is 32.3 Å². The van der Waals surface area contributed by atoms with Gasteiger partial charge in [-0.05, 0) is 29.8 Å². The number of nitrogens with one attached hydrogen (secondary N) is 1. The standard InChI is InChI=1S/C12H17BrN2OS/c1-12(2,15-5-3-14-4-6-15)11(16)9-7-17-8-10(9)13/h7-8,14H,3-6H2,1-2H3. The van der Waals surface area contributed by atoms with E-state index in [1.165, 1.54) is 0 Å². The summed E-state index contributed by atoms with van der Waals surface area (Å²) in [7, 11) is 0. The minimum absolute atomic E-state index is 0.201. The molecule has 0 unspecified atom stereocenters. The molecule has 94 valence electrons. The molecule has 0 aromatic carbocycles. The molecule has 1 aliphatic rings. The first kappa shape index (κ1) is 13.2. The van der Waals surface area contributed by atoms with Crippen LogP contribution in [0.5, 0.6) is 0 Å². The summed E-state index contributed by atoms with van der Waals surface area (Å²) in [6.07, 6.45) is 0. The number of carbonyl (C=O) groups is 1. The van der Waals surface area contributed by atoms with E-state index in [9.17, 15) is 4.79 Å². The third-order valence-corrected chi connectivity index (χ3v) is 5.03. The molecule has 0 bridgehead atoms. The number of ketones is 1. The molecule has 1 aliphatic heterocycles. The van der Waals surface area contributed by atoms with Crippen LogP contribution in [0.3, 0.4) is 0 Å². The molecular weight excluding hydrogens is 300 g/mol. The van der Waals surface area contributed by atoms with Crippen molar-refractivity contribution in [3.8, 4) is 0 Å². The van der Waals surface area contributed by atoms with Crippen LogP contribution in [-0.2, 0) is 0 Å². The summed E-state index contributed by atoms with van der Waals surface area (Å²) >= 11 is 5.00. The maximum atomic E-state index is 12.6. The summed E-state index contributed by atoms with van der Waals surface area (Å²) in [6.45, 7) is 7.82. The highest BCUT2D eigenvalue weighted by atomic mass is 79.9. The summed E-state index contributed by atoms with van der Waals surface area (Å²) < 4.78 is 0.913. The van der Waals surface area contributed by atoms with Crippen LogP contribution in [0, 0.1) is 0 Å². The molecule has 2 heterocycles. The second-order valence-electron chi connectivity index (χ2n) is 4.76. The summed E-state index contributed by atoms with van der Waals surface area (Å²) in [4.78, 5) is 14.8. The van der Waals surface area contributed by atoms with Gasteiger partial charge in [0.25, 0.3) is 0 Å². The Morgan fingerprint density at radius 3 is 2.59 bits per heavy atom. The average Bonchev–Trinajstić information content (AvgIpc) is 2.75. The first-order valence-corrected chi connectivity index (χ1v) is 7.49. The number of piperazine rings is 1. The van der Waals surface area contributed by atoms with E-state index < -0.39 is 5.54 Å². The van der Waals surface area contributed by atoms with Gasteiger partial charge in [-0.2, -0.15) is 11.3 Å². The smallest absolute Gasteiger partial charge is 0.184 e. The summed E-state index contributed by atoms with van der Waals surface area (Å²) in [5.74, 6) is 0.201. The molecule has 1 saturated heterocycles. The number of rotatable bonds is 3. The monoisotopic (exact) mass is 316 g/mol. The van der Waals surface area contributed by atoms with E-state index in [-0.39, 0.29) is 5.78 Å². The normalized spacial score (nSPS) is 18.3. The van der Waals surface area contributed by atoms with Crippen molar-refractivity contribution in [2.24, 2.45) is 0 Å². The molecule has 2 rings (SSSR count). The van der Waals surface area contributed by atoms with Crippen molar-refractivity contribution in [2.45, 2.75) is 19.4 Å². The second-order valence-corrected chi connectivity index (χ2v) is 6.36. The lowest BCUT2D eigenvalue weighted by Crippen LogP contribution is -2.57. The fraction of sp³-hybridized carbons (Fsp3) is 0.583. The zero-order valence-corrected chi connectivity index (χ0v) is 12.5. The van der Waals surface area contributed by atoms with Crippen molar-refractivity contribution in [3.05, 3.63) is 20.8 Å². The molecule has 0 radical (unpaired) electrons. The number of thiophene rings is 1. The number of hydrogen-bond donors (Lipinski definition) is 1. The van der Waals surface area contributed by atoms with Gasteiger partial charge in [-0.3, -0.25) is 9.69 Å². The Bertz CT molecular complexity index is 410. The number of hydrogen-bond acceptors (Lipinski definition) is 4. The van der Waals surface area contributed by atoms with E-state index >= 15 is 0 Å². The van der Waals surface area contributed by atoms with E-state index in [1.807, 2.05) is 24.6 Å². The van der Waals surface area contributed by atoms with E-state index in [0.29, 0.717) is 0 Å². The molecule has 1 N–H and O–H groups in total. The van der Waals surface area contributed by atoms with Gasteiger partial charge >= 0.3 is 0 Å². The van der Waals surface area contributed by atoms with Crippen molar-refractivity contribution < 1.29 is 4.79 Å². The Morgan fingerprint density at radius 2 is 2.06 bits per heavy atom. The van der Waals surface area contributed by atoms with Crippen LogP contribution >= 0.6 is 27.3 Å². The van der Waals surface area contributed by atoms with Crippen LogP contribution in [0.1, 0.15) is 24.2 Å². The van der Waals surface area contributed by atoms with Gasteiger partial charge in [0, 0.05) is 47.0 Å². The predicted octanol–water partition coefficient (Wildman–Crippen LogP) is 2.38. The van der Waals surface area contributed by atoms with Crippen molar-refractivity contribution in [1.82, 2.24) is 10.2 Å². The van der Waals surface area contributed by atoms with Crippen LogP contribution < -0.4 is 5.32 Å². The fourth-order valence-corrected chi connectivity index (χ4v) is 3.59. The molecule has 5 heteroatoms. The maximum absolute atomic E-state index is 12.6. The third kappa shape index (κ3) is 2.62. The van der Waals surface area contributed by atoms with E-state index in [4.69, 9.17) is 0 Å². The molecule has 17 heavy (non-hydrogen) atoms. The second kappa shape index (κ2) is 5.18. The van der Waals surface area contributed by atoms with Crippen LogP contribution in [-0.4, -0.2) is 42.4 Å². The molecule has 1 fully saturated rings. The molecule has 0 aliphatic carbocycles. The lowest BCUT2D eigenvalue weighted by Gasteiger charge is -2.39. The summed E-state index contributed by atoms with van der Waals surface area (Å²) in [6, 6.07) is 0. The number of halogens is 1. The number of carbonyl (C=O) groups excluding carboxylic acids is 1. The highest BCUT2D eigenvalue weighted by Gasteiger charge is 2.36. The van der Waals surface area contributed by atoms with Gasteiger partial charge in [-0.1, -0.05) is 0 Å². The van der Waals surface area contributed by atoms with Gasteiger partial charge in [0.2, 0.25) is 0 Å². The summed E-state index contributed by atoms with van der Waals surface area (Å²) in [5, 5.41) is 7.20. The molecule has 3 nitrogen and oxygen atoms in total. The highest BCUT2D eigenvalue weighted by Crippen LogP contribution is 2.28. The molecule has 0 amide bonds. The maximum Gasteiger partial charge on any atom is 0.184 e. The molecule has 1 aromatic rings. The van der Waals surface area contributed by atoms with Gasteiger partial charge in [0.05, 0.1) is 5.54 Å². The zero-order chi connectivity index (χ0) is 12.5. The number of Topliss-reactive ketones (excluding diaryl/α,β-unsaturated/α-hetero) is 1. The molecule has 1 aromatic heterocycles. The summed E-state index contributed by atoms with van der Waals surface area (Å²) in [5.41, 5.74) is 0.379. The Kier molecular flexibility index (Phi) is 4.02. The van der Waals surface area contributed by atoms with Crippen molar-refractivity contribution in [2.75, 3.05) is 26.2 Å². The Labute approximate surface area is 114 Å². The van der Waals surface area contributed by atoms with Gasteiger partial charge in [0.15, 0.2) is 5.78 Å². The number of nitrogens with zero attached hydrogens (tertiary/aromatic N) is 1. The zero-order valence-electron chi connectivity index (χ0n) is 10.1.